The fourth-order valence-corrected chi connectivity index (χ4v) is 2.45. The molecule has 1 nitrogen and oxygen atoms in total. The standard InChI is InChI=1S/C9H18OS/c1-8(2)10-7-9-3-5-11-6-4-9/h8-9H,3-7H2,1-2H3. The molecule has 0 atom stereocenters. The van der Waals surface area contributed by atoms with Gasteiger partial charge in [0, 0.05) is 6.61 Å². The molecule has 0 bridgehead atoms. The fourth-order valence-electron chi connectivity index (χ4n) is 1.24. The molecule has 0 radical (unpaired) electrons. The van der Waals surface area contributed by atoms with E-state index >= 15 is 0 Å². The highest BCUT2D eigenvalue weighted by molar-refractivity contribution is 7.99. The van der Waals surface area contributed by atoms with Crippen LogP contribution in [0.5, 0.6) is 0 Å². The maximum atomic E-state index is 5.57. The maximum absolute atomic E-state index is 5.57. The van der Waals surface area contributed by atoms with Gasteiger partial charge in [-0.05, 0) is 44.1 Å². The van der Waals surface area contributed by atoms with E-state index in [-0.39, 0.29) is 0 Å². The van der Waals surface area contributed by atoms with Crippen LogP contribution in [0.15, 0.2) is 0 Å². The molecule has 0 spiro atoms. The van der Waals surface area contributed by atoms with Crippen molar-refractivity contribution >= 4 is 11.8 Å². The SMILES string of the molecule is CC(C)OCC1CCSCC1. The molecule has 1 fully saturated rings. The summed E-state index contributed by atoms with van der Waals surface area (Å²) in [4.78, 5) is 0. The molecule has 0 unspecified atom stereocenters. The number of thioether (sulfide) groups is 1. The second-order valence-corrected chi connectivity index (χ2v) is 4.66. The third kappa shape index (κ3) is 4.02. The van der Waals surface area contributed by atoms with Gasteiger partial charge in [0.2, 0.25) is 0 Å². The third-order valence-electron chi connectivity index (χ3n) is 2.01. The molecule has 0 aromatic carbocycles. The van der Waals surface area contributed by atoms with Crippen molar-refractivity contribution in [3.05, 3.63) is 0 Å². The highest BCUT2D eigenvalue weighted by Gasteiger charge is 2.13. The summed E-state index contributed by atoms with van der Waals surface area (Å²) < 4.78 is 5.57. The van der Waals surface area contributed by atoms with Crippen molar-refractivity contribution in [1.82, 2.24) is 0 Å². The average Bonchev–Trinajstić information content (AvgIpc) is 2.03. The number of ether oxygens (including phenoxy) is 1. The van der Waals surface area contributed by atoms with Crippen LogP contribution in [-0.2, 0) is 4.74 Å². The Labute approximate surface area is 73.9 Å². The Balaban J connectivity index is 2.05. The molecule has 1 rings (SSSR count). The minimum absolute atomic E-state index is 0.407. The molecule has 1 heterocycles. The average molecular weight is 174 g/mol. The number of rotatable bonds is 3. The van der Waals surface area contributed by atoms with Crippen molar-refractivity contribution in [2.24, 2.45) is 5.92 Å². The molecule has 1 aliphatic heterocycles. The topological polar surface area (TPSA) is 9.23 Å². The Kier molecular flexibility index (Phi) is 4.31. The van der Waals surface area contributed by atoms with Gasteiger partial charge in [-0.3, -0.25) is 0 Å². The minimum Gasteiger partial charge on any atom is -0.379 e. The normalized spacial score (nSPS) is 21.0. The van der Waals surface area contributed by atoms with Gasteiger partial charge in [0.15, 0.2) is 0 Å². The fraction of sp³-hybridized carbons (Fsp3) is 1.00. The van der Waals surface area contributed by atoms with Crippen LogP contribution in [0.1, 0.15) is 26.7 Å². The molecule has 2 heteroatoms. The van der Waals surface area contributed by atoms with Crippen LogP contribution in [0, 0.1) is 5.92 Å². The first-order valence-corrected chi connectivity index (χ1v) is 5.64. The molecule has 0 amide bonds. The van der Waals surface area contributed by atoms with Gasteiger partial charge in [-0.1, -0.05) is 0 Å². The number of hydrogen-bond acceptors (Lipinski definition) is 2. The van der Waals surface area contributed by atoms with E-state index in [1.54, 1.807) is 0 Å². The second kappa shape index (κ2) is 5.04. The predicted octanol–water partition coefficient (Wildman–Crippen LogP) is 2.55. The summed E-state index contributed by atoms with van der Waals surface area (Å²) in [6.45, 7) is 5.20. The molecule has 1 saturated heterocycles. The largest absolute Gasteiger partial charge is 0.379 e. The summed E-state index contributed by atoms with van der Waals surface area (Å²) in [6.07, 6.45) is 3.12. The van der Waals surface area contributed by atoms with Gasteiger partial charge in [0.25, 0.3) is 0 Å². The summed E-state index contributed by atoms with van der Waals surface area (Å²) in [7, 11) is 0. The van der Waals surface area contributed by atoms with Crippen molar-refractivity contribution in [1.29, 1.82) is 0 Å². The monoisotopic (exact) mass is 174 g/mol. The lowest BCUT2D eigenvalue weighted by molar-refractivity contribution is 0.0491. The van der Waals surface area contributed by atoms with E-state index in [4.69, 9.17) is 4.74 Å². The lowest BCUT2D eigenvalue weighted by atomic mass is 10.0. The second-order valence-electron chi connectivity index (χ2n) is 3.44. The van der Waals surface area contributed by atoms with E-state index in [1.165, 1.54) is 24.3 Å². The number of hydrogen-bond donors (Lipinski definition) is 0. The van der Waals surface area contributed by atoms with Gasteiger partial charge >= 0.3 is 0 Å². The Morgan fingerprint density at radius 2 is 2.00 bits per heavy atom. The summed E-state index contributed by atoms with van der Waals surface area (Å²) in [6, 6.07) is 0. The van der Waals surface area contributed by atoms with Crippen LogP contribution < -0.4 is 0 Å². The third-order valence-corrected chi connectivity index (χ3v) is 3.05. The zero-order valence-electron chi connectivity index (χ0n) is 7.51. The Morgan fingerprint density at radius 1 is 1.36 bits per heavy atom. The molecule has 11 heavy (non-hydrogen) atoms. The van der Waals surface area contributed by atoms with Crippen molar-refractivity contribution < 1.29 is 4.74 Å². The molecule has 0 saturated carbocycles. The van der Waals surface area contributed by atoms with E-state index in [1.807, 2.05) is 0 Å². The molecule has 66 valence electrons. The van der Waals surface area contributed by atoms with Crippen LogP contribution in [0.4, 0.5) is 0 Å². The van der Waals surface area contributed by atoms with Gasteiger partial charge in [0.05, 0.1) is 6.10 Å². The van der Waals surface area contributed by atoms with E-state index in [0.717, 1.165) is 12.5 Å². The van der Waals surface area contributed by atoms with Crippen LogP contribution in [0.2, 0.25) is 0 Å². The Morgan fingerprint density at radius 3 is 2.55 bits per heavy atom. The minimum atomic E-state index is 0.407. The van der Waals surface area contributed by atoms with E-state index in [2.05, 4.69) is 25.6 Å². The van der Waals surface area contributed by atoms with Crippen LogP contribution in [0.3, 0.4) is 0 Å². The zero-order chi connectivity index (χ0) is 8.10. The summed E-state index contributed by atoms with van der Waals surface area (Å²) in [5.41, 5.74) is 0. The quantitative estimate of drug-likeness (QED) is 0.650. The van der Waals surface area contributed by atoms with Crippen molar-refractivity contribution in [3.63, 3.8) is 0 Å². The molecule has 0 aromatic rings. The summed E-state index contributed by atoms with van der Waals surface area (Å²) in [5.74, 6) is 3.52. The van der Waals surface area contributed by atoms with Crippen molar-refractivity contribution in [3.8, 4) is 0 Å². The smallest absolute Gasteiger partial charge is 0.0519 e. The zero-order valence-corrected chi connectivity index (χ0v) is 8.32. The first kappa shape index (κ1) is 9.40. The van der Waals surface area contributed by atoms with Gasteiger partial charge in [-0.15, -0.1) is 0 Å². The predicted molar refractivity (Wildman–Crippen MR) is 51.1 cm³/mol. The Hall–Kier alpha value is 0.310. The molecule has 0 N–H and O–H groups in total. The van der Waals surface area contributed by atoms with Gasteiger partial charge in [-0.25, -0.2) is 0 Å². The molecule has 0 aliphatic carbocycles. The molecule has 1 aliphatic rings. The van der Waals surface area contributed by atoms with E-state index in [0.29, 0.717) is 6.10 Å². The highest BCUT2D eigenvalue weighted by atomic mass is 32.2. The van der Waals surface area contributed by atoms with Crippen molar-refractivity contribution in [2.45, 2.75) is 32.8 Å². The molecular weight excluding hydrogens is 156 g/mol. The molecular formula is C9H18OS. The van der Waals surface area contributed by atoms with Gasteiger partial charge in [0.1, 0.15) is 0 Å². The Bertz CT molecular complexity index is 97.7. The first-order chi connectivity index (χ1) is 5.29. The lowest BCUT2D eigenvalue weighted by Gasteiger charge is -2.22. The lowest BCUT2D eigenvalue weighted by Crippen LogP contribution is -2.18. The van der Waals surface area contributed by atoms with Crippen LogP contribution in [-0.4, -0.2) is 24.2 Å². The summed E-state index contributed by atoms with van der Waals surface area (Å²) >= 11 is 2.08. The van der Waals surface area contributed by atoms with Crippen molar-refractivity contribution in [2.75, 3.05) is 18.1 Å². The van der Waals surface area contributed by atoms with Gasteiger partial charge in [-0.2, -0.15) is 11.8 Å². The van der Waals surface area contributed by atoms with Crippen LogP contribution in [0.25, 0.3) is 0 Å². The summed E-state index contributed by atoms with van der Waals surface area (Å²) in [5, 5.41) is 0. The van der Waals surface area contributed by atoms with E-state index in [9.17, 15) is 0 Å². The van der Waals surface area contributed by atoms with Crippen LogP contribution >= 0.6 is 11.8 Å². The van der Waals surface area contributed by atoms with E-state index < -0.39 is 0 Å². The maximum Gasteiger partial charge on any atom is 0.0519 e. The highest BCUT2D eigenvalue weighted by Crippen LogP contribution is 2.22. The first-order valence-electron chi connectivity index (χ1n) is 4.48. The van der Waals surface area contributed by atoms with Gasteiger partial charge < -0.3 is 4.74 Å². The molecule has 0 aromatic heterocycles.